The summed E-state index contributed by atoms with van der Waals surface area (Å²) >= 11 is 1.54. The number of nitrogens with zero attached hydrogens (tertiary/aromatic N) is 6. The Morgan fingerprint density at radius 3 is 2.63 bits per heavy atom. The highest BCUT2D eigenvalue weighted by Crippen LogP contribution is 2.31. The van der Waals surface area contributed by atoms with E-state index >= 15 is 0 Å². The molecule has 2 aromatic carbocycles. The van der Waals surface area contributed by atoms with Gasteiger partial charge in [-0.2, -0.15) is 9.67 Å². The zero-order valence-corrected chi connectivity index (χ0v) is 20.2. The van der Waals surface area contributed by atoms with Crippen molar-refractivity contribution in [2.24, 2.45) is 0 Å². The van der Waals surface area contributed by atoms with Crippen molar-refractivity contribution < 1.29 is 4.52 Å². The van der Waals surface area contributed by atoms with Gasteiger partial charge in [0.1, 0.15) is 5.56 Å². The average molecular weight is 485 g/mol. The third-order valence-corrected chi connectivity index (χ3v) is 7.23. The molecule has 0 spiro atoms. The Hall–Kier alpha value is -3.72. The van der Waals surface area contributed by atoms with Crippen molar-refractivity contribution in [2.45, 2.75) is 50.1 Å². The number of fused-ring (bicyclic) bond motifs is 3. The normalized spacial score (nSPS) is 13.6. The fourth-order valence-corrected chi connectivity index (χ4v) is 5.35. The predicted molar refractivity (Wildman–Crippen MR) is 134 cm³/mol. The van der Waals surface area contributed by atoms with Gasteiger partial charge in [0.15, 0.2) is 11.0 Å². The number of rotatable bonds is 5. The number of thioether (sulfide) groups is 1. The molecule has 6 rings (SSSR count). The summed E-state index contributed by atoms with van der Waals surface area (Å²) < 4.78 is 9.17. The highest BCUT2D eigenvalue weighted by atomic mass is 32.2. The highest BCUT2D eigenvalue weighted by molar-refractivity contribution is 7.98. The van der Waals surface area contributed by atoms with Gasteiger partial charge in [0, 0.05) is 17.8 Å². The first kappa shape index (κ1) is 21.8. The van der Waals surface area contributed by atoms with Crippen molar-refractivity contribution >= 4 is 11.8 Å². The molecule has 3 aliphatic rings. The lowest BCUT2D eigenvalue weighted by molar-refractivity contribution is 0.391. The molecule has 0 unspecified atom stereocenters. The van der Waals surface area contributed by atoms with Gasteiger partial charge in [0.05, 0.1) is 11.4 Å². The molecular formula is C26H24N6O2S. The van der Waals surface area contributed by atoms with Crippen molar-refractivity contribution in [3.8, 4) is 28.5 Å². The van der Waals surface area contributed by atoms with E-state index in [1.54, 1.807) is 0 Å². The molecule has 0 saturated heterocycles. The maximum atomic E-state index is 13.4. The Morgan fingerprint density at radius 1 is 0.971 bits per heavy atom. The van der Waals surface area contributed by atoms with E-state index in [0.717, 1.165) is 54.3 Å². The van der Waals surface area contributed by atoms with Crippen LogP contribution in [0.25, 0.3) is 28.5 Å². The summed E-state index contributed by atoms with van der Waals surface area (Å²) in [5.41, 5.74) is 4.38. The molecule has 1 aromatic heterocycles. The second-order valence-corrected chi connectivity index (χ2v) is 9.66. The van der Waals surface area contributed by atoms with Gasteiger partial charge in [-0.1, -0.05) is 71.4 Å². The van der Waals surface area contributed by atoms with E-state index in [1.165, 1.54) is 22.0 Å². The molecule has 3 aromatic rings. The maximum Gasteiger partial charge on any atom is 0.284 e. The minimum Gasteiger partial charge on any atom is -0.338 e. The fourth-order valence-electron chi connectivity index (χ4n) is 4.47. The van der Waals surface area contributed by atoms with Crippen LogP contribution in [0.1, 0.15) is 36.4 Å². The van der Waals surface area contributed by atoms with Crippen LogP contribution < -0.4 is 5.56 Å². The van der Waals surface area contributed by atoms with Crippen LogP contribution in [0.2, 0.25) is 0 Å². The van der Waals surface area contributed by atoms with Crippen LogP contribution in [0.3, 0.4) is 0 Å². The summed E-state index contributed by atoms with van der Waals surface area (Å²) in [7, 11) is 0. The minimum absolute atomic E-state index is 0.111. The molecule has 35 heavy (non-hydrogen) atoms. The molecule has 4 heterocycles. The van der Waals surface area contributed by atoms with E-state index in [-0.39, 0.29) is 5.56 Å². The summed E-state index contributed by atoms with van der Waals surface area (Å²) in [5, 5.41) is 9.57. The van der Waals surface area contributed by atoms with Crippen molar-refractivity contribution in [3.05, 3.63) is 82.1 Å². The number of hydrogen-bond donors (Lipinski definition) is 0. The van der Waals surface area contributed by atoms with Gasteiger partial charge in [0.25, 0.3) is 5.56 Å². The molecule has 0 fully saturated rings. The first-order valence-corrected chi connectivity index (χ1v) is 12.8. The molecule has 0 aliphatic carbocycles. The molecule has 3 aliphatic heterocycles. The second-order valence-electron chi connectivity index (χ2n) is 8.72. The molecule has 0 amide bonds. The lowest BCUT2D eigenvalue weighted by atomic mass is 10.1. The molecule has 0 bridgehead atoms. The maximum absolute atomic E-state index is 13.4. The van der Waals surface area contributed by atoms with E-state index in [9.17, 15) is 4.79 Å². The van der Waals surface area contributed by atoms with Crippen LogP contribution in [-0.4, -0.2) is 29.5 Å². The van der Waals surface area contributed by atoms with Gasteiger partial charge in [0.2, 0.25) is 11.7 Å². The molecule has 9 heteroatoms. The molecule has 0 atom stereocenters. The van der Waals surface area contributed by atoms with Gasteiger partial charge in [-0.25, -0.2) is 4.98 Å². The Kier molecular flexibility index (Phi) is 5.69. The smallest absolute Gasteiger partial charge is 0.284 e. The summed E-state index contributed by atoms with van der Waals surface area (Å²) in [6, 6.07) is 17.5. The SMILES string of the molecule is Cc1ccc(-c2noc(CSc3nc4nn(-c5ccccc5)c(=O)c-4c4n3CCCCC4)n2)cc1. The molecule has 0 radical (unpaired) electrons. The van der Waals surface area contributed by atoms with E-state index in [4.69, 9.17) is 9.51 Å². The molecule has 0 N–H and O–H groups in total. The molecule has 8 nitrogen and oxygen atoms in total. The third-order valence-electron chi connectivity index (χ3n) is 6.27. The Labute approximate surface area is 206 Å². The van der Waals surface area contributed by atoms with E-state index in [0.29, 0.717) is 28.9 Å². The molecular weight excluding hydrogens is 460 g/mol. The standard InChI is InChI=1S/C26H24N6O2S/c1-17-11-13-18(14-12-17)23-27-21(34-30-23)16-35-26-28-24-22(20-10-6-3-7-15-31(20)26)25(33)32(29-24)19-8-4-2-5-9-19/h2,4-5,8-9,11-14H,3,6-7,10,15-16H2,1H3. The number of hydrogen-bond acceptors (Lipinski definition) is 7. The summed E-state index contributed by atoms with van der Waals surface area (Å²) in [5.74, 6) is 2.09. The number of aryl methyl sites for hydroxylation is 1. The van der Waals surface area contributed by atoms with E-state index in [1.807, 2.05) is 61.5 Å². The monoisotopic (exact) mass is 484 g/mol. The van der Waals surface area contributed by atoms with Gasteiger partial charge < -0.3 is 9.09 Å². The van der Waals surface area contributed by atoms with Crippen molar-refractivity contribution in [1.29, 1.82) is 0 Å². The van der Waals surface area contributed by atoms with E-state index < -0.39 is 0 Å². The molecule has 0 saturated carbocycles. The van der Waals surface area contributed by atoms with Crippen molar-refractivity contribution in [2.75, 3.05) is 0 Å². The van der Waals surface area contributed by atoms with Crippen LogP contribution in [0, 0.1) is 6.92 Å². The van der Waals surface area contributed by atoms with Crippen molar-refractivity contribution in [1.82, 2.24) is 29.5 Å². The highest BCUT2D eigenvalue weighted by Gasteiger charge is 2.27. The van der Waals surface area contributed by atoms with Crippen LogP contribution in [0.5, 0.6) is 0 Å². The topological polar surface area (TPSA) is 91.6 Å². The van der Waals surface area contributed by atoms with Crippen LogP contribution in [0.15, 0.2) is 69.1 Å². The zero-order valence-electron chi connectivity index (χ0n) is 19.3. The largest absolute Gasteiger partial charge is 0.338 e. The lowest BCUT2D eigenvalue weighted by Gasteiger charge is -2.17. The van der Waals surface area contributed by atoms with Crippen LogP contribution in [0.4, 0.5) is 0 Å². The number of benzene rings is 2. The van der Waals surface area contributed by atoms with Gasteiger partial charge in [-0.05, 0) is 38.3 Å². The fraction of sp³-hybridized carbons (Fsp3) is 0.269. The average Bonchev–Trinajstić information content (AvgIpc) is 3.40. The first-order valence-electron chi connectivity index (χ1n) is 11.8. The van der Waals surface area contributed by atoms with Crippen molar-refractivity contribution in [3.63, 3.8) is 0 Å². The van der Waals surface area contributed by atoms with Crippen LogP contribution >= 0.6 is 11.8 Å². The Morgan fingerprint density at radius 2 is 1.80 bits per heavy atom. The van der Waals surface area contributed by atoms with Gasteiger partial charge in [-0.15, -0.1) is 5.10 Å². The van der Waals surface area contributed by atoms with Crippen LogP contribution in [-0.2, 0) is 18.7 Å². The quantitative estimate of drug-likeness (QED) is 0.258. The summed E-state index contributed by atoms with van der Waals surface area (Å²) in [6.07, 6.45) is 4.05. The summed E-state index contributed by atoms with van der Waals surface area (Å²) in [4.78, 5) is 22.8. The lowest BCUT2D eigenvalue weighted by Crippen LogP contribution is -2.19. The minimum atomic E-state index is -0.111. The molecule has 176 valence electrons. The Bertz CT molecular complexity index is 1500. The predicted octanol–water partition coefficient (Wildman–Crippen LogP) is 4.91. The number of para-hydroxylation sites is 1. The first-order chi connectivity index (χ1) is 17.2. The zero-order chi connectivity index (χ0) is 23.8. The Balaban J connectivity index is 1.35. The summed E-state index contributed by atoms with van der Waals surface area (Å²) in [6.45, 7) is 2.88. The third kappa shape index (κ3) is 4.16. The second kappa shape index (κ2) is 9.14. The van der Waals surface area contributed by atoms with E-state index in [2.05, 4.69) is 19.8 Å². The van der Waals surface area contributed by atoms with Gasteiger partial charge >= 0.3 is 0 Å². The number of aromatic nitrogens is 6. The van der Waals surface area contributed by atoms with Gasteiger partial charge in [-0.3, -0.25) is 4.79 Å².